The maximum absolute atomic E-state index is 13.4. The maximum atomic E-state index is 13.4. The zero-order valence-electron chi connectivity index (χ0n) is 18.0. The van der Waals surface area contributed by atoms with Crippen LogP contribution in [0.1, 0.15) is 65.3 Å². The van der Waals surface area contributed by atoms with Crippen LogP contribution in [-0.4, -0.2) is 46.7 Å². The highest BCUT2D eigenvalue weighted by Crippen LogP contribution is 2.46. The standard InChI is InChI=1S/C25H31N3O3/c1-15(16-6-3-2-4-7-16)27-25(31)23-22-17(12-21(29)24(23)30)9-11-28-14-18-8-5-10-26-19(18)13-20(22)28/h2-4,6-7,12,15,18-20,26,29-30H,5,8-11,13-14H2,1H3,(H,27,31)/t15?,18-,19+,20+/m1/s1. The molecule has 4 atom stereocenters. The summed E-state index contributed by atoms with van der Waals surface area (Å²) < 4.78 is 0. The van der Waals surface area contributed by atoms with Gasteiger partial charge >= 0.3 is 0 Å². The fourth-order valence-corrected chi connectivity index (χ4v) is 5.78. The molecule has 1 unspecified atom stereocenters. The number of nitrogens with one attached hydrogen (secondary N) is 2. The molecule has 2 fully saturated rings. The predicted octanol–water partition coefficient (Wildman–Crippen LogP) is 3.26. The van der Waals surface area contributed by atoms with E-state index in [9.17, 15) is 15.0 Å². The van der Waals surface area contributed by atoms with Gasteiger partial charge in [0.2, 0.25) is 0 Å². The minimum absolute atomic E-state index is 0.0786. The molecule has 0 aromatic heterocycles. The highest BCUT2D eigenvalue weighted by atomic mass is 16.3. The summed E-state index contributed by atoms with van der Waals surface area (Å²) in [5, 5.41) is 27.9. The average Bonchev–Trinajstić information content (AvgIpc) is 2.79. The van der Waals surface area contributed by atoms with E-state index in [2.05, 4.69) is 15.5 Å². The van der Waals surface area contributed by atoms with Gasteiger partial charge in [-0.15, -0.1) is 0 Å². The third kappa shape index (κ3) is 3.68. The molecule has 3 aliphatic rings. The number of aromatic hydroxyl groups is 2. The molecule has 6 heteroatoms. The Bertz CT molecular complexity index is 978. The first-order valence-electron chi connectivity index (χ1n) is 11.4. The first-order chi connectivity index (χ1) is 15.0. The number of hydrogen-bond acceptors (Lipinski definition) is 5. The molecule has 4 N–H and O–H groups in total. The lowest BCUT2D eigenvalue weighted by Crippen LogP contribution is -2.55. The minimum atomic E-state index is -0.332. The molecule has 164 valence electrons. The van der Waals surface area contributed by atoms with Gasteiger partial charge in [-0.1, -0.05) is 30.3 Å². The molecule has 3 aliphatic heterocycles. The Morgan fingerprint density at radius 1 is 1.26 bits per heavy atom. The number of phenols is 2. The summed E-state index contributed by atoms with van der Waals surface area (Å²) >= 11 is 0. The van der Waals surface area contributed by atoms with Crippen molar-refractivity contribution in [1.29, 1.82) is 0 Å². The van der Waals surface area contributed by atoms with Crippen LogP contribution >= 0.6 is 0 Å². The van der Waals surface area contributed by atoms with Crippen molar-refractivity contribution in [3.8, 4) is 11.5 Å². The summed E-state index contributed by atoms with van der Waals surface area (Å²) in [6, 6.07) is 11.7. The zero-order valence-corrected chi connectivity index (χ0v) is 18.0. The van der Waals surface area contributed by atoms with E-state index in [1.807, 2.05) is 37.3 Å². The van der Waals surface area contributed by atoms with E-state index in [0.717, 1.165) is 49.2 Å². The predicted molar refractivity (Wildman–Crippen MR) is 119 cm³/mol. The molecule has 2 saturated heterocycles. The van der Waals surface area contributed by atoms with Crippen molar-refractivity contribution >= 4 is 5.91 Å². The number of rotatable bonds is 3. The third-order valence-electron chi connectivity index (χ3n) is 7.40. The van der Waals surface area contributed by atoms with Gasteiger partial charge in [0, 0.05) is 25.2 Å². The van der Waals surface area contributed by atoms with Crippen LogP contribution < -0.4 is 10.6 Å². The molecule has 0 spiro atoms. The number of carbonyl (C=O) groups is 1. The van der Waals surface area contributed by atoms with E-state index < -0.39 is 0 Å². The largest absolute Gasteiger partial charge is 0.504 e. The van der Waals surface area contributed by atoms with Crippen LogP contribution in [0, 0.1) is 5.92 Å². The molecule has 0 radical (unpaired) electrons. The maximum Gasteiger partial charge on any atom is 0.256 e. The third-order valence-corrected chi connectivity index (χ3v) is 7.40. The van der Waals surface area contributed by atoms with Gasteiger partial charge in [0.15, 0.2) is 11.5 Å². The quantitative estimate of drug-likeness (QED) is 0.572. The minimum Gasteiger partial charge on any atom is -0.504 e. The lowest BCUT2D eigenvalue weighted by atomic mass is 9.76. The first-order valence-corrected chi connectivity index (χ1v) is 11.4. The molecule has 1 amide bonds. The number of carbonyl (C=O) groups excluding carboxylic acids is 1. The summed E-state index contributed by atoms with van der Waals surface area (Å²) in [6.45, 7) is 4.92. The van der Waals surface area contributed by atoms with Gasteiger partial charge in [0.1, 0.15) is 0 Å². The van der Waals surface area contributed by atoms with Crippen LogP contribution in [0.2, 0.25) is 0 Å². The van der Waals surface area contributed by atoms with Crippen molar-refractivity contribution in [1.82, 2.24) is 15.5 Å². The Labute approximate surface area is 183 Å². The van der Waals surface area contributed by atoms with Crippen LogP contribution in [0.5, 0.6) is 11.5 Å². The van der Waals surface area contributed by atoms with E-state index in [1.54, 1.807) is 6.07 Å². The van der Waals surface area contributed by atoms with Crippen LogP contribution in [0.3, 0.4) is 0 Å². The Hall–Kier alpha value is -2.57. The number of nitrogens with zero attached hydrogens (tertiary/aromatic N) is 1. The Morgan fingerprint density at radius 3 is 2.87 bits per heavy atom. The SMILES string of the molecule is CC(NC(=O)c1c(O)c(O)cc2c1[C@@H]1C[C@@H]3NCCC[C@@H]3CN1CC2)c1ccccc1. The van der Waals surface area contributed by atoms with Crippen molar-refractivity contribution in [3.05, 3.63) is 58.7 Å². The highest BCUT2D eigenvalue weighted by molar-refractivity contribution is 6.00. The molecule has 2 aromatic carbocycles. The van der Waals surface area contributed by atoms with E-state index in [1.165, 1.54) is 12.8 Å². The number of fused-ring (bicyclic) bond motifs is 4. The van der Waals surface area contributed by atoms with Gasteiger partial charge in [0.05, 0.1) is 11.6 Å². The lowest BCUT2D eigenvalue weighted by Gasteiger charge is -2.49. The zero-order chi connectivity index (χ0) is 21.5. The van der Waals surface area contributed by atoms with Crippen molar-refractivity contribution in [2.24, 2.45) is 5.92 Å². The molecule has 0 saturated carbocycles. The number of hydrogen-bond donors (Lipinski definition) is 4. The molecule has 2 aromatic rings. The molecule has 6 nitrogen and oxygen atoms in total. The van der Waals surface area contributed by atoms with Gasteiger partial charge in [-0.3, -0.25) is 9.69 Å². The summed E-state index contributed by atoms with van der Waals surface area (Å²) in [7, 11) is 0. The average molecular weight is 422 g/mol. The number of benzene rings is 2. The van der Waals surface area contributed by atoms with Gasteiger partial charge in [-0.2, -0.15) is 0 Å². The molecule has 3 heterocycles. The molecule has 31 heavy (non-hydrogen) atoms. The van der Waals surface area contributed by atoms with Gasteiger partial charge in [-0.05, 0) is 67.8 Å². The van der Waals surface area contributed by atoms with Crippen molar-refractivity contribution < 1.29 is 15.0 Å². The van der Waals surface area contributed by atoms with Gasteiger partial charge in [-0.25, -0.2) is 0 Å². The van der Waals surface area contributed by atoms with Crippen molar-refractivity contribution in [3.63, 3.8) is 0 Å². The molecule has 0 aliphatic carbocycles. The van der Waals surface area contributed by atoms with Crippen LogP contribution in [0.25, 0.3) is 0 Å². The van der Waals surface area contributed by atoms with Crippen LogP contribution in [0.15, 0.2) is 36.4 Å². The normalized spacial score (nSPS) is 26.3. The van der Waals surface area contributed by atoms with E-state index in [0.29, 0.717) is 12.0 Å². The highest BCUT2D eigenvalue weighted by Gasteiger charge is 2.42. The monoisotopic (exact) mass is 421 g/mol. The molecular formula is C25H31N3O3. The second kappa shape index (κ2) is 8.17. The fraction of sp³-hybridized carbons (Fsp3) is 0.480. The van der Waals surface area contributed by atoms with Crippen LogP contribution in [0.4, 0.5) is 0 Å². The van der Waals surface area contributed by atoms with E-state index in [-0.39, 0.29) is 35.1 Å². The van der Waals surface area contributed by atoms with E-state index >= 15 is 0 Å². The number of piperidine rings is 2. The van der Waals surface area contributed by atoms with Crippen molar-refractivity contribution in [2.45, 2.75) is 50.7 Å². The second-order valence-corrected chi connectivity index (χ2v) is 9.26. The first kappa shape index (κ1) is 20.3. The number of phenolic OH excluding ortho intramolecular Hbond substituents is 2. The fourth-order valence-electron chi connectivity index (χ4n) is 5.78. The summed E-state index contributed by atoms with van der Waals surface area (Å²) in [6.07, 6.45) is 4.17. The second-order valence-electron chi connectivity index (χ2n) is 9.26. The lowest BCUT2D eigenvalue weighted by molar-refractivity contribution is 0.0540. The Balaban J connectivity index is 1.50. The molecule has 0 bridgehead atoms. The van der Waals surface area contributed by atoms with Crippen LogP contribution in [-0.2, 0) is 6.42 Å². The number of amides is 1. The summed E-state index contributed by atoms with van der Waals surface area (Å²) in [5.41, 5.74) is 3.10. The smallest absolute Gasteiger partial charge is 0.256 e. The summed E-state index contributed by atoms with van der Waals surface area (Å²) in [5.74, 6) is -0.208. The molecule has 5 rings (SSSR count). The molecular weight excluding hydrogens is 390 g/mol. The van der Waals surface area contributed by atoms with Crippen molar-refractivity contribution in [2.75, 3.05) is 19.6 Å². The van der Waals surface area contributed by atoms with Gasteiger partial charge < -0.3 is 20.8 Å². The summed E-state index contributed by atoms with van der Waals surface area (Å²) in [4.78, 5) is 15.9. The topological polar surface area (TPSA) is 84.8 Å². The van der Waals surface area contributed by atoms with E-state index in [4.69, 9.17) is 0 Å². The Morgan fingerprint density at radius 2 is 2.06 bits per heavy atom. The van der Waals surface area contributed by atoms with Gasteiger partial charge in [0.25, 0.3) is 5.91 Å². The Kier molecular flexibility index (Phi) is 5.36.